The lowest BCUT2D eigenvalue weighted by Gasteiger charge is -2.04. The third-order valence-electron chi connectivity index (χ3n) is 1.93. The summed E-state index contributed by atoms with van der Waals surface area (Å²) >= 11 is 0. The highest BCUT2D eigenvalue weighted by molar-refractivity contribution is 7.84. The predicted molar refractivity (Wildman–Crippen MR) is 62.7 cm³/mol. The van der Waals surface area contributed by atoms with Crippen molar-refractivity contribution in [2.45, 2.75) is 19.6 Å². The van der Waals surface area contributed by atoms with Gasteiger partial charge in [-0.25, -0.2) is 0 Å². The summed E-state index contributed by atoms with van der Waals surface area (Å²) in [4.78, 5) is 0. The maximum Gasteiger partial charge on any atom is 0.0991 e. The Morgan fingerprint density at radius 3 is 2.40 bits per heavy atom. The number of rotatable bonds is 4. The van der Waals surface area contributed by atoms with E-state index >= 15 is 0 Å². The van der Waals surface area contributed by atoms with Crippen LogP contribution in [0.4, 0.5) is 0 Å². The normalized spacial score (nSPS) is 12.4. The van der Waals surface area contributed by atoms with E-state index in [1.54, 1.807) is 12.1 Å². The van der Waals surface area contributed by atoms with Gasteiger partial charge in [0.1, 0.15) is 0 Å². The molecular weight excluding hydrogens is 206 g/mol. The first-order valence-corrected chi connectivity index (χ1v) is 6.44. The SMILES string of the molecule is CC(C)CS(=O)Cc1ccc(C#N)cc1. The van der Waals surface area contributed by atoms with Gasteiger partial charge in [-0.3, -0.25) is 4.21 Å². The van der Waals surface area contributed by atoms with Gasteiger partial charge in [-0.15, -0.1) is 0 Å². The van der Waals surface area contributed by atoms with Gasteiger partial charge >= 0.3 is 0 Å². The number of nitrogens with zero attached hydrogens (tertiary/aromatic N) is 1. The van der Waals surface area contributed by atoms with E-state index in [0.717, 1.165) is 11.3 Å². The minimum absolute atomic E-state index is 0.462. The van der Waals surface area contributed by atoms with Gasteiger partial charge in [0.2, 0.25) is 0 Å². The van der Waals surface area contributed by atoms with Gasteiger partial charge in [-0.1, -0.05) is 26.0 Å². The van der Waals surface area contributed by atoms with Crippen molar-refractivity contribution in [2.75, 3.05) is 5.75 Å². The topological polar surface area (TPSA) is 40.9 Å². The van der Waals surface area contributed by atoms with Crippen LogP contribution in [0.1, 0.15) is 25.0 Å². The minimum atomic E-state index is -0.793. The van der Waals surface area contributed by atoms with E-state index in [1.165, 1.54) is 0 Å². The van der Waals surface area contributed by atoms with Gasteiger partial charge in [-0.2, -0.15) is 5.26 Å². The van der Waals surface area contributed by atoms with Crippen LogP contribution in [-0.4, -0.2) is 9.96 Å². The average molecular weight is 221 g/mol. The quantitative estimate of drug-likeness (QED) is 0.783. The first-order valence-electron chi connectivity index (χ1n) is 4.96. The van der Waals surface area contributed by atoms with Crippen LogP contribution in [0.2, 0.25) is 0 Å². The highest BCUT2D eigenvalue weighted by Gasteiger charge is 2.04. The van der Waals surface area contributed by atoms with Crippen LogP contribution in [0, 0.1) is 17.2 Å². The van der Waals surface area contributed by atoms with E-state index in [2.05, 4.69) is 19.9 Å². The van der Waals surface area contributed by atoms with Gasteiger partial charge in [0, 0.05) is 22.3 Å². The standard InChI is InChI=1S/C12H15NOS/c1-10(2)8-15(14)9-12-5-3-11(7-13)4-6-12/h3-6,10H,8-9H2,1-2H3. The molecule has 1 atom stereocenters. The highest BCUT2D eigenvalue weighted by Crippen LogP contribution is 2.08. The van der Waals surface area contributed by atoms with E-state index in [1.807, 2.05) is 12.1 Å². The molecule has 1 aromatic carbocycles. The molecule has 0 saturated heterocycles. The van der Waals surface area contributed by atoms with Crippen molar-refractivity contribution in [1.29, 1.82) is 5.26 Å². The van der Waals surface area contributed by atoms with Crippen molar-refractivity contribution >= 4 is 10.8 Å². The molecule has 80 valence electrons. The van der Waals surface area contributed by atoms with Gasteiger partial charge in [-0.05, 0) is 23.6 Å². The van der Waals surface area contributed by atoms with Crippen LogP contribution < -0.4 is 0 Å². The number of benzene rings is 1. The lowest BCUT2D eigenvalue weighted by molar-refractivity contribution is 0.664. The molecular formula is C12H15NOS. The molecule has 1 aromatic rings. The largest absolute Gasteiger partial charge is 0.259 e. The molecule has 0 amide bonds. The van der Waals surface area contributed by atoms with Gasteiger partial charge in [0.05, 0.1) is 11.6 Å². The highest BCUT2D eigenvalue weighted by atomic mass is 32.2. The fourth-order valence-electron chi connectivity index (χ4n) is 1.29. The second-order valence-electron chi connectivity index (χ2n) is 3.95. The lowest BCUT2D eigenvalue weighted by atomic mass is 10.2. The molecule has 2 nitrogen and oxygen atoms in total. The first kappa shape index (κ1) is 11.9. The Hall–Kier alpha value is -1.14. The summed E-state index contributed by atoms with van der Waals surface area (Å²) in [6.07, 6.45) is 0. The van der Waals surface area contributed by atoms with Gasteiger partial charge in [0.25, 0.3) is 0 Å². The van der Waals surface area contributed by atoms with Crippen LogP contribution >= 0.6 is 0 Å². The van der Waals surface area contributed by atoms with E-state index in [9.17, 15) is 4.21 Å². The van der Waals surface area contributed by atoms with E-state index < -0.39 is 10.8 Å². The Morgan fingerprint density at radius 2 is 1.93 bits per heavy atom. The number of nitriles is 1. The summed E-state index contributed by atoms with van der Waals surface area (Å²) < 4.78 is 11.6. The van der Waals surface area contributed by atoms with E-state index in [4.69, 9.17) is 5.26 Å². The molecule has 0 aliphatic heterocycles. The van der Waals surface area contributed by atoms with Crippen molar-refractivity contribution in [3.05, 3.63) is 35.4 Å². The molecule has 0 aliphatic rings. The van der Waals surface area contributed by atoms with Gasteiger partial charge in [0.15, 0.2) is 0 Å². The van der Waals surface area contributed by atoms with Crippen molar-refractivity contribution in [1.82, 2.24) is 0 Å². The van der Waals surface area contributed by atoms with Crippen LogP contribution in [-0.2, 0) is 16.6 Å². The van der Waals surface area contributed by atoms with Gasteiger partial charge < -0.3 is 0 Å². The third kappa shape index (κ3) is 4.26. The summed E-state index contributed by atoms with van der Waals surface area (Å²) in [6, 6.07) is 9.34. The molecule has 0 saturated carbocycles. The monoisotopic (exact) mass is 221 g/mol. The van der Waals surface area contributed by atoms with Crippen LogP contribution in [0.5, 0.6) is 0 Å². The number of hydrogen-bond donors (Lipinski definition) is 0. The minimum Gasteiger partial charge on any atom is -0.259 e. The summed E-state index contributed by atoms with van der Waals surface area (Å²) in [5, 5.41) is 8.62. The summed E-state index contributed by atoms with van der Waals surface area (Å²) in [7, 11) is -0.793. The molecule has 1 rings (SSSR count). The molecule has 3 heteroatoms. The van der Waals surface area contributed by atoms with Crippen molar-refractivity contribution in [3.8, 4) is 6.07 Å². The molecule has 0 aliphatic carbocycles. The van der Waals surface area contributed by atoms with Crippen LogP contribution in [0.15, 0.2) is 24.3 Å². The summed E-state index contributed by atoms with van der Waals surface area (Å²) in [5.74, 6) is 1.79. The molecule has 1 unspecified atom stereocenters. The Balaban J connectivity index is 2.58. The van der Waals surface area contributed by atoms with E-state index in [-0.39, 0.29) is 0 Å². The zero-order valence-electron chi connectivity index (χ0n) is 9.06. The summed E-state index contributed by atoms with van der Waals surface area (Å²) in [5.41, 5.74) is 1.68. The van der Waals surface area contributed by atoms with Crippen LogP contribution in [0.3, 0.4) is 0 Å². The average Bonchev–Trinajstić information content (AvgIpc) is 2.17. The van der Waals surface area contributed by atoms with Crippen molar-refractivity contribution in [2.24, 2.45) is 5.92 Å². The Labute approximate surface area is 93.4 Å². The molecule has 0 aromatic heterocycles. The molecule has 0 N–H and O–H groups in total. The molecule has 0 radical (unpaired) electrons. The fraction of sp³-hybridized carbons (Fsp3) is 0.417. The predicted octanol–water partition coefficient (Wildman–Crippen LogP) is 2.46. The maximum atomic E-state index is 11.6. The zero-order valence-corrected chi connectivity index (χ0v) is 9.88. The Bertz CT molecular complexity index is 376. The molecule has 0 bridgehead atoms. The zero-order chi connectivity index (χ0) is 11.3. The summed E-state index contributed by atoms with van der Waals surface area (Å²) in [6.45, 7) is 4.13. The molecule has 0 heterocycles. The van der Waals surface area contributed by atoms with Crippen molar-refractivity contribution < 1.29 is 4.21 Å². The van der Waals surface area contributed by atoms with E-state index in [0.29, 0.717) is 17.2 Å². The van der Waals surface area contributed by atoms with Crippen molar-refractivity contribution in [3.63, 3.8) is 0 Å². The second kappa shape index (κ2) is 5.67. The fourth-order valence-corrected chi connectivity index (χ4v) is 2.72. The molecule has 0 spiro atoms. The molecule has 15 heavy (non-hydrogen) atoms. The Kier molecular flexibility index (Phi) is 4.51. The maximum absolute atomic E-state index is 11.6. The Morgan fingerprint density at radius 1 is 1.33 bits per heavy atom. The smallest absolute Gasteiger partial charge is 0.0991 e. The van der Waals surface area contributed by atoms with Crippen LogP contribution in [0.25, 0.3) is 0 Å². The third-order valence-corrected chi connectivity index (χ3v) is 3.62. The first-order chi connectivity index (χ1) is 7.11. The second-order valence-corrected chi connectivity index (χ2v) is 5.46. The number of hydrogen-bond acceptors (Lipinski definition) is 2. The lowest BCUT2D eigenvalue weighted by Crippen LogP contribution is -2.06. The molecule has 0 fully saturated rings.